The van der Waals surface area contributed by atoms with Gasteiger partial charge in [-0.15, -0.1) is 0 Å². The van der Waals surface area contributed by atoms with E-state index >= 15 is 0 Å². The number of aliphatic hydroxyl groups is 1. The predicted octanol–water partition coefficient (Wildman–Crippen LogP) is 1.65. The summed E-state index contributed by atoms with van der Waals surface area (Å²) in [5.74, 6) is -1.11. The Morgan fingerprint density at radius 2 is 1.86 bits per heavy atom. The molecule has 1 aliphatic rings. The molecule has 0 bridgehead atoms. The van der Waals surface area contributed by atoms with Gasteiger partial charge in [-0.05, 0) is 26.1 Å². The monoisotopic (exact) mass is 314 g/mol. The van der Waals surface area contributed by atoms with Gasteiger partial charge in [0.15, 0.2) is 0 Å². The number of ether oxygens (including phenoxy) is 1. The van der Waals surface area contributed by atoms with Crippen molar-refractivity contribution in [2.45, 2.75) is 19.1 Å². The molecule has 1 aromatic rings. The maximum absolute atomic E-state index is 13.8. The third-order valence-electron chi connectivity index (χ3n) is 4.15. The smallest absolute Gasteiger partial charge is 0.130 e. The van der Waals surface area contributed by atoms with Crippen LogP contribution in [-0.4, -0.2) is 67.5 Å². The Balaban J connectivity index is 1.91. The Morgan fingerprint density at radius 1 is 1.27 bits per heavy atom. The minimum Gasteiger partial charge on any atom is -0.390 e. The molecule has 2 unspecified atom stereocenters. The van der Waals surface area contributed by atoms with Gasteiger partial charge in [0.1, 0.15) is 11.6 Å². The molecule has 124 valence electrons. The van der Waals surface area contributed by atoms with Crippen LogP contribution in [0.2, 0.25) is 0 Å². The molecule has 0 radical (unpaired) electrons. The van der Waals surface area contributed by atoms with E-state index in [9.17, 15) is 13.9 Å². The standard InChI is InChI=1S/C16H24F2N2O2/c1-12(16-14(17)4-3-5-15(16)18)19(2)10-13(21)11-20-6-8-22-9-7-20/h3-5,12-13,21H,6-11H2,1-2H3. The number of hydrogen-bond donors (Lipinski definition) is 1. The second-order valence-electron chi connectivity index (χ2n) is 5.82. The minimum atomic E-state index is -0.569. The Hall–Kier alpha value is -1.08. The average molecular weight is 314 g/mol. The van der Waals surface area contributed by atoms with E-state index in [-0.39, 0.29) is 5.56 Å². The van der Waals surface area contributed by atoms with Crippen LogP contribution in [0.3, 0.4) is 0 Å². The highest BCUT2D eigenvalue weighted by Gasteiger charge is 2.22. The molecule has 1 aliphatic heterocycles. The Morgan fingerprint density at radius 3 is 2.45 bits per heavy atom. The minimum absolute atomic E-state index is 0.0450. The number of benzene rings is 1. The molecule has 2 atom stereocenters. The van der Waals surface area contributed by atoms with Crippen molar-refractivity contribution in [1.29, 1.82) is 0 Å². The van der Waals surface area contributed by atoms with Gasteiger partial charge < -0.3 is 9.84 Å². The topological polar surface area (TPSA) is 35.9 Å². The van der Waals surface area contributed by atoms with E-state index in [1.54, 1.807) is 18.9 Å². The van der Waals surface area contributed by atoms with Gasteiger partial charge in [0.05, 0.1) is 19.3 Å². The summed E-state index contributed by atoms with van der Waals surface area (Å²) >= 11 is 0. The molecular formula is C16H24F2N2O2. The number of halogens is 2. The van der Waals surface area contributed by atoms with Crippen LogP contribution in [0.5, 0.6) is 0 Å². The largest absolute Gasteiger partial charge is 0.390 e. The van der Waals surface area contributed by atoms with Crippen molar-refractivity contribution in [2.24, 2.45) is 0 Å². The molecule has 0 saturated carbocycles. The maximum Gasteiger partial charge on any atom is 0.130 e. The van der Waals surface area contributed by atoms with Crippen molar-refractivity contribution in [3.8, 4) is 0 Å². The van der Waals surface area contributed by atoms with Gasteiger partial charge in [-0.2, -0.15) is 0 Å². The van der Waals surface area contributed by atoms with Gasteiger partial charge in [0.25, 0.3) is 0 Å². The fourth-order valence-corrected chi connectivity index (χ4v) is 2.76. The van der Waals surface area contributed by atoms with Crippen LogP contribution >= 0.6 is 0 Å². The molecule has 4 nitrogen and oxygen atoms in total. The summed E-state index contributed by atoms with van der Waals surface area (Å²) in [4.78, 5) is 3.91. The van der Waals surface area contributed by atoms with Crippen molar-refractivity contribution in [3.05, 3.63) is 35.4 Å². The van der Waals surface area contributed by atoms with Crippen molar-refractivity contribution in [2.75, 3.05) is 46.4 Å². The van der Waals surface area contributed by atoms with Gasteiger partial charge in [-0.25, -0.2) is 8.78 Å². The number of hydrogen-bond acceptors (Lipinski definition) is 4. The van der Waals surface area contributed by atoms with Crippen LogP contribution in [0.15, 0.2) is 18.2 Å². The SMILES string of the molecule is CC(c1c(F)cccc1F)N(C)CC(O)CN1CCOCC1. The average Bonchev–Trinajstić information content (AvgIpc) is 2.47. The molecule has 0 aliphatic carbocycles. The third kappa shape index (κ3) is 4.46. The summed E-state index contributed by atoms with van der Waals surface area (Å²) < 4.78 is 32.9. The van der Waals surface area contributed by atoms with Crippen molar-refractivity contribution < 1.29 is 18.6 Å². The van der Waals surface area contributed by atoms with Crippen LogP contribution in [0.1, 0.15) is 18.5 Å². The van der Waals surface area contributed by atoms with E-state index in [2.05, 4.69) is 4.90 Å². The van der Waals surface area contributed by atoms with E-state index < -0.39 is 23.8 Å². The molecule has 1 aromatic carbocycles. The van der Waals surface area contributed by atoms with Crippen LogP contribution in [0.25, 0.3) is 0 Å². The zero-order chi connectivity index (χ0) is 16.1. The van der Waals surface area contributed by atoms with Gasteiger partial charge in [-0.3, -0.25) is 9.80 Å². The summed E-state index contributed by atoms with van der Waals surface area (Å²) in [6, 6.07) is 3.43. The lowest BCUT2D eigenvalue weighted by molar-refractivity contribution is 0.00604. The van der Waals surface area contributed by atoms with Gasteiger partial charge in [0.2, 0.25) is 0 Å². The highest BCUT2D eigenvalue weighted by molar-refractivity contribution is 5.22. The fraction of sp³-hybridized carbons (Fsp3) is 0.625. The second-order valence-corrected chi connectivity index (χ2v) is 5.82. The van der Waals surface area contributed by atoms with Crippen LogP contribution in [0.4, 0.5) is 8.78 Å². The molecular weight excluding hydrogens is 290 g/mol. The zero-order valence-corrected chi connectivity index (χ0v) is 13.1. The van der Waals surface area contributed by atoms with Crippen LogP contribution in [-0.2, 0) is 4.74 Å². The molecule has 6 heteroatoms. The number of nitrogens with zero attached hydrogens (tertiary/aromatic N) is 2. The lowest BCUT2D eigenvalue weighted by Gasteiger charge is -2.32. The third-order valence-corrected chi connectivity index (χ3v) is 4.15. The lowest BCUT2D eigenvalue weighted by atomic mass is 10.1. The first-order valence-corrected chi connectivity index (χ1v) is 7.61. The molecule has 0 spiro atoms. The molecule has 1 fully saturated rings. The molecule has 22 heavy (non-hydrogen) atoms. The molecule has 1 saturated heterocycles. The van der Waals surface area contributed by atoms with E-state index in [4.69, 9.17) is 4.74 Å². The van der Waals surface area contributed by atoms with Gasteiger partial charge >= 0.3 is 0 Å². The lowest BCUT2D eigenvalue weighted by Crippen LogP contribution is -2.44. The first kappa shape index (κ1) is 17.3. The number of morpholine rings is 1. The first-order valence-electron chi connectivity index (χ1n) is 7.61. The van der Waals surface area contributed by atoms with Crippen LogP contribution < -0.4 is 0 Å². The molecule has 1 N–H and O–H groups in total. The Kier molecular flexibility index (Phi) is 6.26. The molecule has 0 aromatic heterocycles. The molecule has 1 heterocycles. The number of likely N-dealkylation sites (N-methyl/N-ethyl adjacent to an activating group) is 1. The van der Waals surface area contributed by atoms with Gasteiger partial charge in [-0.1, -0.05) is 6.07 Å². The fourth-order valence-electron chi connectivity index (χ4n) is 2.76. The number of rotatable bonds is 6. The molecule has 2 rings (SSSR count). The predicted molar refractivity (Wildman–Crippen MR) is 80.7 cm³/mol. The van der Waals surface area contributed by atoms with E-state index in [1.165, 1.54) is 18.2 Å². The number of β-amino-alcohol motifs (C(OH)–C–C–N with tert-alkyl or cyclic N) is 1. The summed E-state index contributed by atoms with van der Waals surface area (Å²) in [6.07, 6.45) is -0.569. The van der Waals surface area contributed by atoms with Gasteiger partial charge in [0, 0.05) is 37.8 Å². The first-order chi connectivity index (χ1) is 10.5. The summed E-state index contributed by atoms with van der Waals surface area (Å²) in [5, 5.41) is 10.2. The summed E-state index contributed by atoms with van der Waals surface area (Å²) in [6.45, 7) is 5.60. The molecule has 0 amide bonds. The van der Waals surface area contributed by atoms with Crippen molar-refractivity contribution in [3.63, 3.8) is 0 Å². The van der Waals surface area contributed by atoms with E-state index in [0.29, 0.717) is 26.3 Å². The normalized spacial score (nSPS) is 19.4. The van der Waals surface area contributed by atoms with Crippen molar-refractivity contribution >= 4 is 0 Å². The Labute approximate surface area is 130 Å². The Bertz CT molecular complexity index is 461. The van der Waals surface area contributed by atoms with Crippen LogP contribution in [0, 0.1) is 11.6 Å². The maximum atomic E-state index is 13.8. The van der Waals surface area contributed by atoms with E-state index in [1.807, 2.05) is 0 Å². The summed E-state index contributed by atoms with van der Waals surface area (Å²) in [7, 11) is 1.76. The quantitative estimate of drug-likeness (QED) is 0.866. The van der Waals surface area contributed by atoms with Crippen molar-refractivity contribution in [1.82, 2.24) is 9.80 Å². The second kappa shape index (κ2) is 7.97. The zero-order valence-electron chi connectivity index (χ0n) is 13.1. The highest BCUT2D eigenvalue weighted by Crippen LogP contribution is 2.24. The summed E-state index contributed by atoms with van der Waals surface area (Å²) in [5.41, 5.74) is 0.0450. The highest BCUT2D eigenvalue weighted by atomic mass is 19.1. The van der Waals surface area contributed by atoms with E-state index in [0.717, 1.165) is 13.1 Å². The number of aliphatic hydroxyl groups excluding tert-OH is 1.